The summed E-state index contributed by atoms with van der Waals surface area (Å²) in [6.07, 6.45) is 4.16. The maximum absolute atomic E-state index is 12.8. The molecule has 2 fully saturated rings. The maximum Gasteiger partial charge on any atom is 0.294 e. The largest absolute Gasteiger partial charge is 0.372 e. The number of imide groups is 1. The third-order valence-corrected chi connectivity index (χ3v) is 6.75. The number of nitrogens with zero attached hydrogens (tertiary/aromatic N) is 2. The molecule has 0 aromatic heterocycles. The number of carbonyl (C=O) groups excluding carboxylic acids is 3. The Morgan fingerprint density at radius 1 is 1.13 bits per heavy atom. The number of carbonyl (C=O) groups is 3. The van der Waals surface area contributed by atoms with E-state index in [1.165, 1.54) is 18.5 Å². The molecule has 0 bridgehead atoms. The first-order valence-electron chi connectivity index (χ1n) is 10.1. The molecule has 8 heteroatoms. The molecule has 1 N–H and O–H groups in total. The molecule has 0 unspecified atom stereocenters. The molecule has 2 aromatic carbocycles. The Hall–Kier alpha value is -2.58. The van der Waals surface area contributed by atoms with Crippen LogP contribution in [0.3, 0.4) is 0 Å². The molecule has 0 spiro atoms. The highest BCUT2D eigenvalue weighted by Gasteiger charge is 2.36. The SMILES string of the molecule is Cc1cc(N2CCCC2)ccc1/C=C1\SC(=O)N(CC(=O)Nc2ccc(Br)cc2)C1=O. The van der Waals surface area contributed by atoms with Gasteiger partial charge in [-0.25, -0.2) is 0 Å². The topological polar surface area (TPSA) is 69.7 Å². The van der Waals surface area contributed by atoms with Crippen molar-refractivity contribution in [1.82, 2.24) is 4.90 Å². The fourth-order valence-corrected chi connectivity index (χ4v) is 4.74. The van der Waals surface area contributed by atoms with Crippen molar-refractivity contribution >= 4 is 62.2 Å². The molecule has 2 heterocycles. The molecule has 2 saturated heterocycles. The summed E-state index contributed by atoms with van der Waals surface area (Å²) in [5.41, 5.74) is 3.73. The molecule has 0 radical (unpaired) electrons. The van der Waals surface area contributed by atoms with Gasteiger partial charge in [0.2, 0.25) is 5.91 Å². The maximum atomic E-state index is 12.8. The number of benzene rings is 2. The number of halogens is 1. The predicted molar refractivity (Wildman–Crippen MR) is 128 cm³/mol. The summed E-state index contributed by atoms with van der Waals surface area (Å²) >= 11 is 4.20. The first-order chi connectivity index (χ1) is 14.9. The van der Waals surface area contributed by atoms with Crippen LogP contribution in [0.25, 0.3) is 6.08 Å². The lowest BCUT2D eigenvalue weighted by atomic mass is 10.1. The lowest BCUT2D eigenvalue weighted by Crippen LogP contribution is -2.36. The Balaban J connectivity index is 1.44. The molecule has 2 aromatic rings. The van der Waals surface area contributed by atoms with Crippen molar-refractivity contribution in [3.05, 3.63) is 63.0 Å². The molecule has 3 amide bonds. The highest BCUT2D eigenvalue weighted by molar-refractivity contribution is 9.10. The van der Waals surface area contributed by atoms with Gasteiger partial charge in [-0.3, -0.25) is 19.3 Å². The van der Waals surface area contributed by atoms with E-state index in [1.54, 1.807) is 30.3 Å². The van der Waals surface area contributed by atoms with E-state index in [2.05, 4.69) is 38.3 Å². The fraction of sp³-hybridized carbons (Fsp3) is 0.261. The van der Waals surface area contributed by atoms with Gasteiger partial charge in [0.1, 0.15) is 6.54 Å². The van der Waals surface area contributed by atoms with Crippen LogP contribution in [0.2, 0.25) is 0 Å². The summed E-state index contributed by atoms with van der Waals surface area (Å²) < 4.78 is 0.894. The number of anilines is 2. The number of hydrogen-bond donors (Lipinski definition) is 1. The highest BCUT2D eigenvalue weighted by atomic mass is 79.9. The van der Waals surface area contributed by atoms with E-state index in [9.17, 15) is 14.4 Å². The minimum absolute atomic E-state index is 0.315. The molecular formula is C23H22BrN3O3S. The van der Waals surface area contributed by atoms with Gasteiger partial charge in [-0.1, -0.05) is 22.0 Å². The van der Waals surface area contributed by atoms with E-state index in [4.69, 9.17) is 0 Å². The number of hydrogen-bond acceptors (Lipinski definition) is 5. The van der Waals surface area contributed by atoms with Crippen LogP contribution in [0.4, 0.5) is 16.2 Å². The van der Waals surface area contributed by atoms with E-state index in [0.29, 0.717) is 10.6 Å². The zero-order valence-electron chi connectivity index (χ0n) is 17.1. The Morgan fingerprint density at radius 2 is 1.84 bits per heavy atom. The summed E-state index contributed by atoms with van der Waals surface area (Å²) in [7, 11) is 0. The predicted octanol–water partition coefficient (Wildman–Crippen LogP) is 5.03. The van der Waals surface area contributed by atoms with Crippen molar-refractivity contribution in [3.8, 4) is 0 Å². The molecule has 6 nitrogen and oxygen atoms in total. The summed E-state index contributed by atoms with van der Waals surface area (Å²) in [5.74, 6) is -0.860. The first-order valence-corrected chi connectivity index (χ1v) is 11.7. The van der Waals surface area contributed by atoms with Crippen LogP contribution < -0.4 is 10.2 Å². The van der Waals surface area contributed by atoms with E-state index in [-0.39, 0.29) is 6.54 Å². The van der Waals surface area contributed by atoms with Crippen LogP contribution in [0, 0.1) is 6.92 Å². The van der Waals surface area contributed by atoms with Crippen LogP contribution in [-0.2, 0) is 9.59 Å². The minimum atomic E-state index is -0.441. The summed E-state index contributed by atoms with van der Waals surface area (Å²) in [6, 6.07) is 13.2. The van der Waals surface area contributed by atoms with Crippen molar-refractivity contribution in [2.45, 2.75) is 19.8 Å². The molecule has 4 rings (SSSR count). The summed E-state index contributed by atoms with van der Waals surface area (Å²) in [6.45, 7) is 3.83. The molecule has 2 aliphatic rings. The van der Waals surface area contributed by atoms with Gasteiger partial charge in [-0.15, -0.1) is 0 Å². The number of thioether (sulfide) groups is 1. The zero-order chi connectivity index (χ0) is 22.0. The van der Waals surface area contributed by atoms with Crippen LogP contribution in [0.1, 0.15) is 24.0 Å². The van der Waals surface area contributed by atoms with Gasteiger partial charge in [-0.2, -0.15) is 0 Å². The molecule has 31 heavy (non-hydrogen) atoms. The van der Waals surface area contributed by atoms with Gasteiger partial charge < -0.3 is 10.2 Å². The van der Waals surface area contributed by atoms with Crippen molar-refractivity contribution in [1.29, 1.82) is 0 Å². The van der Waals surface area contributed by atoms with E-state index in [1.807, 2.05) is 13.0 Å². The average molecular weight is 500 g/mol. The quantitative estimate of drug-likeness (QED) is 0.584. The van der Waals surface area contributed by atoms with Crippen molar-refractivity contribution < 1.29 is 14.4 Å². The van der Waals surface area contributed by atoms with Gasteiger partial charge in [0.05, 0.1) is 4.91 Å². The average Bonchev–Trinajstić information content (AvgIpc) is 3.36. The van der Waals surface area contributed by atoms with Gasteiger partial charge >= 0.3 is 0 Å². The van der Waals surface area contributed by atoms with Crippen LogP contribution >= 0.6 is 27.7 Å². The van der Waals surface area contributed by atoms with Crippen LogP contribution in [0.5, 0.6) is 0 Å². The minimum Gasteiger partial charge on any atom is -0.372 e. The Kier molecular flexibility index (Phi) is 6.48. The second kappa shape index (κ2) is 9.28. The van der Waals surface area contributed by atoms with Crippen molar-refractivity contribution in [2.75, 3.05) is 29.9 Å². The molecule has 0 aliphatic carbocycles. The third-order valence-electron chi connectivity index (χ3n) is 5.31. The smallest absolute Gasteiger partial charge is 0.294 e. The van der Waals surface area contributed by atoms with Crippen LogP contribution in [0.15, 0.2) is 51.8 Å². The molecular weight excluding hydrogens is 478 g/mol. The number of amides is 3. The van der Waals surface area contributed by atoms with E-state index < -0.39 is 17.1 Å². The number of nitrogens with one attached hydrogen (secondary N) is 1. The van der Waals surface area contributed by atoms with Crippen LogP contribution in [-0.4, -0.2) is 41.6 Å². The Morgan fingerprint density at radius 3 is 2.52 bits per heavy atom. The molecule has 160 valence electrons. The second-order valence-electron chi connectivity index (χ2n) is 7.56. The number of rotatable bonds is 5. The van der Waals surface area contributed by atoms with Gasteiger partial charge in [0.15, 0.2) is 0 Å². The van der Waals surface area contributed by atoms with Gasteiger partial charge in [0.25, 0.3) is 11.1 Å². The first kappa shape index (κ1) is 21.6. The Bertz CT molecular complexity index is 1060. The van der Waals surface area contributed by atoms with Gasteiger partial charge in [-0.05, 0) is 85.1 Å². The lowest BCUT2D eigenvalue weighted by Gasteiger charge is -2.18. The zero-order valence-corrected chi connectivity index (χ0v) is 19.5. The third kappa shape index (κ3) is 5.02. The Labute approximate surface area is 193 Å². The fourth-order valence-electron chi connectivity index (χ4n) is 3.65. The molecule has 2 aliphatic heterocycles. The van der Waals surface area contributed by atoms with E-state index >= 15 is 0 Å². The summed E-state index contributed by atoms with van der Waals surface area (Å²) in [4.78, 5) is 41.1. The van der Waals surface area contributed by atoms with E-state index in [0.717, 1.165) is 45.4 Å². The van der Waals surface area contributed by atoms with Crippen molar-refractivity contribution in [2.24, 2.45) is 0 Å². The standard InChI is InChI=1S/C23H22BrN3O3S/c1-15-12-19(26-10-2-3-11-26)9-4-16(15)13-20-22(29)27(23(30)31-20)14-21(28)25-18-7-5-17(24)6-8-18/h4-9,12-13H,2-3,10-11,14H2,1H3,(H,25,28)/b20-13-. The molecule has 0 saturated carbocycles. The lowest BCUT2D eigenvalue weighted by molar-refractivity contribution is -0.127. The van der Waals surface area contributed by atoms with Gasteiger partial charge in [0, 0.05) is 28.9 Å². The number of aryl methyl sites for hydroxylation is 1. The monoisotopic (exact) mass is 499 g/mol. The summed E-state index contributed by atoms with van der Waals surface area (Å²) in [5, 5.41) is 2.27. The van der Waals surface area contributed by atoms with Crippen molar-refractivity contribution in [3.63, 3.8) is 0 Å². The second-order valence-corrected chi connectivity index (χ2v) is 9.47. The molecule has 0 atom stereocenters. The normalized spacial score (nSPS) is 17.7. The highest BCUT2D eigenvalue weighted by Crippen LogP contribution is 2.33.